The van der Waals surface area contributed by atoms with Crippen molar-refractivity contribution in [2.75, 3.05) is 7.11 Å². The Bertz CT molecular complexity index is 845. The van der Waals surface area contributed by atoms with Crippen molar-refractivity contribution in [3.05, 3.63) is 76.1 Å². The second-order valence-electron chi connectivity index (χ2n) is 4.63. The van der Waals surface area contributed by atoms with Crippen LogP contribution in [0.2, 0.25) is 0 Å². The second kappa shape index (κ2) is 5.67. The lowest BCUT2D eigenvalue weighted by Crippen LogP contribution is -1.98. The standard InChI is InChI=1S/C18H14O3/c1-20-15-9-10-16-14(11-18(19)21-17(16)12-15)8-7-13-5-3-2-4-6-13/h2-12H,1H3/b8-7+. The third kappa shape index (κ3) is 2.87. The van der Waals surface area contributed by atoms with E-state index in [1.807, 2.05) is 54.6 Å². The number of methoxy groups -OCH3 is 1. The van der Waals surface area contributed by atoms with Gasteiger partial charge in [-0.25, -0.2) is 4.79 Å². The van der Waals surface area contributed by atoms with Crippen LogP contribution in [0, 0.1) is 0 Å². The highest BCUT2D eigenvalue weighted by Gasteiger charge is 2.04. The molecule has 0 aliphatic rings. The predicted molar refractivity (Wildman–Crippen MR) is 84.4 cm³/mol. The molecule has 3 heteroatoms. The van der Waals surface area contributed by atoms with Crippen molar-refractivity contribution in [1.29, 1.82) is 0 Å². The first-order valence-electron chi connectivity index (χ1n) is 6.61. The van der Waals surface area contributed by atoms with Crippen LogP contribution in [0.1, 0.15) is 11.1 Å². The number of hydrogen-bond acceptors (Lipinski definition) is 3. The molecule has 0 bridgehead atoms. The summed E-state index contributed by atoms with van der Waals surface area (Å²) in [6.07, 6.45) is 3.89. The van der Waals surface area contributed by atoms with Gasteiger partial charge in [-0.15, -0.1) is 0 Å². The van der Waals surface area contributed by atoms with Crippen LogP contribution in [0.4, 0.5) is 0 Å². The fraction of sp³-hybridized carbons (Fsp3) is 0.0556. The molecule has 3 nitrogen and oxygen atoms in total. The van der Waals surface area contributed by atoms with Gasteiger partial charge in [0.05, 0.1) is 7.11 Å². The van der Waals surface area contributed by atoms with Crippen molar-refractivity contribution in [3.8, 4) is 5.75 Å². The average molecular weight is 278 g/mol. The summed E-state index contributed by atoms with van der Waals surface area (Å²) < 4.78 is 10.4. The van der Waals surface area contributed by atoms with Gasteiger partial charge in [-0.2, -0.15) is 0 Å². The molecule has 0 amide bonds. The van der Waals surface area contributed by atoms with E-state index >= 15 is 0 Å². The summed E-state index contributed by atoms with van der Waals surface area (Å²) in [7, 11) is 1.58. The Morgan fingerprint density at radius 3 is 2.57 bits per heavy atom. The normalized spacial score (nSPS) is 11.1. The van der Waals surface area contributed by atoms with E-state index in [0.29, 0.717) is 11.3 Å². The summed E-state index contributed by atoms with van der Waals surface area (Å²) in [6.45, 7) is 0. The van der Waals surface area contributed by atoms with Crippen molar-refractivity contribution in [1.82, 2.24) is 0 Å². The quantitative estimate of drug-likeness (QED) is 0.680. The fourth-order valence-corrected chi connectivity index (χ4v) is 2.18. The maximum absolute atomic E-state index is 11.7. The van der Waals surface area contributed by atoms with E-state index in [0.717, 1.165) is 16.5 Å². The molecule has 1 heterocycles. The monoisotopic (exact) mass is 278 g/mol. The van der Waals surface area contributed by atoms with Gasteiger partial charge < -0.3 is 9.15 Å². The molecule has 0 atom stereocenters. The molecule has 3 aromatic rings. The van der Waals surface area contributed by atoms with Crippen LogP contribution in [0.5, 0.6) is 5.75 Å². The second-order valence-corrected chi connectivity index (χ2v) is 4.63. The largest absolute Gasteiger partial charge is 0.497 e. The summed E-state index contributed by atoms with van der Waals surface area (Å²) in [4.78, 5) is 11.7. The van der Waals surface area contributed by atoms with Crippen molar-refractivity contribution >= 4 is 23.1 Å². The molecule has 0 unspecified atom stereocenters. The summed E-state index contributed by atoms with van der Waals surface area (Å²) in [5.41, 5.74) is 2.05. The van der Waals surface area contributed by atoms with E-state index in [4.69, 9.17) is 9.15 Å². The van der Waals surface area contributed by atoms with Crippen molar-refractivity contribution in [2.24, 2.45) is 0 Å². The molecule has 21 heavy (non-hydrogen) atoms. The van der Waals surface area contributed by atoms with E-state index in [1.54, 1.807) is 13.2 Å². The lowest BCUT2D eigenvalue weighted by Gasteiger charge is -2.03. The molecular formula is C18H14O3. The average Bonchev–Trinajstić information content (AvgIpc) is 2.52. The number of fused-ring (bicyclic) bond motifs is 1. The predicted octanol–water partition coefficient (Wildman–Crippen LogP) is 3.97. The van der Waals surface area contributed by atoms with E-state index in [9.17, 15) is 4.79 Å². The zero-order chi connectivity index (χ0) is 14.7. The van der Waals surface area contributed by atoms with Crippen molar-refractivity contribution in [3.63, 3.8) is 0 Å². The van der Waals surface area contributed by atoms with E-state index in [-0.39, 0.29) is 5.63 Å². The molecular weight excluding hydrogens is 264 g/mol. The Morgan fingerprint density at radius 1 is 1.00 bits per heavy atom. The van der Waals surface area contributed by atoms with E-state index in [1.165, 1.54) is 6.07 Å². The van der Waals surface area contributed by atoms with Gasteiger partial charge in [0.15, 0.2) is 0 Å². The van der Waals surface area contributed by atoms with Gasteiger partial charge in [-0.05, 0) is 23.3 Å². The third-order valence-corrected chi connectivity index (χ3v) is 3.24. The van der Waals surface area contributed by atoms with Gasteiger partial charge in [0, 0.05) is 17.5 Å². The Kier molecular flexibility index (Phi) is 3.56. The maximum Gasteiger partial charge on any atom is 0.336 e. The zero-order valence-corrected chi connectivity index (χ0v) is 11.6. The van der Waals surface area contributed by atoms with Crippen LogP contribution in [0.15, 0.2) is 63.8 Å². The van der Waals surface area contributed by atoms with E-state index < -0.39 is 0 Å². The van der Waals surface area contributed by atoms with Gasteiger partial charge in [0.2, 0.25) is 0 Å². The lowest BCUT2D eigenvalue weighted by molar-refractivity contribution is 0.414. The minimum absolute atomic E-state index is 0.372. The summed E-state index contributed by atoms with van der Waals surface area (Å²) >= 11 is 0. The highest BCUT2D eigenvalue weighted by atomic mass is 16.5. The highest BCUT2D eigenvalue weighted by Crippen LogP contribution is 2.23. The first-order valence-corrected chi connectivity index (χ1v) is 6.61. The minimum atomic E-state index is -0.372. The molecule has 0 saturated carbocycles. The third-order valence-electron chi connectivity index (χ3n) is 3.24. The maximum atomic E-state index is 11.7. The van der Waals surface area contributed by atoms with Gasteiger partial charge >= 0.3 is 5.63 Å². The summed E-state index contributed by atoms with van der Waals surface area (Å²) in [6, 6.07) is 16.9. The summed E-state index contributed by atoms with van der Waals surface area (Å²) in [5, 5.41) is 0.877. The Hall–Kier alpha value is -2.81. The Balaban J connectivity index is 2.10. The lowest BCUT2D eigenvalue weighted by atomic mass is 10.1. The number of benzene rings is 2. The van der Waals surface area contributed by atoms with Gasteiger partial charge in [-0.3, -0.25) is 0 Å². The smallest absolute Gasteiger partial charge is 0.336 e. The number of ether oxygens (including phenoxy) is 1. The zero-order valence-electron chi connectivity index (χ0n) is 11.6. The fourth-order valence-electron chi connectivity index (χ4n) is 2.18. The summed E-state index contributed by atoms with van der Waals surface area (Å²) in [5.74, 6) is 0.662. The molecule has 104 valence electrons. The Labute approximate surface area is 122 Å². The van der Waals surface area contributed by atoms with Crippen LogP contribution in [0.25, 0.3) is 23.1 Å². The SMILES string of the molecule is COc1ccc2c(/C=C/c3ccccc3)cc(=O)oc2c1. The molecule has 0 N–H and O–H groups in total. The first kappa shape index (κ1) is 13.2. The van der Waals surface area contributed by atoms with Gasteiger partial charge in [-0.1, -0.05) is 42.5 Å². The van der Waals surface area contributed by atoms with Crippen molar-refractivity contribution in [2.45, 2.75) is 0 Å². The van der Waals surface area contributed by atoms with Crippen LogP contribution in [0.3, 0.4) is 0 Å². The topological polar surface area (TPSA) is 39.4 Å². The van der Waals surface area contributed by atoms with Crippen molar-refractivity contribution < 1.29 is 9.15 Å². The number of hydrogen-bond donors (Lipinski definition) is 0. The highest BCUT2D eigenvalue weighted by molar-refractivity contribution is 5.89. The van der Waals surface area contributed by atoms with Crippen LogP contribution in [-0.2, 0) is 0 Å². The van der Waals surface area contributed by atoms with E-state index in [2.05, 4.69) is 0 Å². The number of rotatable bonds is 3. The molecule has 0 radical (unpaired) electrons. The first-order chi connectivity index (χ1) is 10.3. The molecule has 0 aliphatic carbocycles. The van der Waals surface area contributed by atoms with Crippen LogP contribution >= 0.6 is 0 Å². The molecule has 1 aromatic heterocycles. The van der Waals surface area contributed by atoms with Crippen LogP contribution in [-0.4, -0.2) is 7.11 Å². The molecule has 0 aliphatic heterocycles. The molecule has 0 fully saturated rings. The molecule has 3 rings (SSSR count). The Morgan fingerprint density at radius 2 is 1.81 bits per heavy atom. The van der Waals surface area contributed by atoms with Gasteiger partial charge in [0.25, 0.3) is 0 Å². The van der Waals surface area contributed by atoms with Crippen LogP contribution < -0.4 is 10.4 Å². The minimum Gasteiger partial charge on any atom is -0.497 e. The molecule has 0 spiro atoms. The van der Waals surface area contributed by atoms with Gasteiger partial charge in [0.1, 0.15) is 11.3 Å². The molecule has 2 aromatic carbocycles. The molecule has 0 saturated heterocycles.